The molecule has 0 saturated carbocycles. The Hall–Kier alpha value is -1.49. The fraction of sp³-hybridized carbons (Fsp3) is 0.500. The predicted octanol–water partition coefficient (Wildman–Crippen LogP) is 3.02. The number of anilines is 1. The molecule has 100 valence electrons. The van der Waals surface area contributed by atoms with E-state index in [1.165, 1.54) is 19.6 Å². The van der Waals surface area contributed by atoms with Crippen molar-refractivity contribution in [3.8, 4) is 5.75 Å². The highest BCUT2D eigenvalue weighted by molar-refractivity contribution is 5.85. The van der Waals surface area contributed by atoms with Crippen LogP contribution in [-0.4, -0.2) is 25.1 Å². The molecule has 1 saturated heterocycles. The van der Waals surface area contributed by atoms with E-state index in [0.717, 1.165) is 31.6 Å². The number of piperidine rings is 1. The Morgan fingerprint density at radius 2 is 1.94 bits per heavy atom. The first-order valence-electron chi connectivity index (χ1n) is 5.80. The fourth-order valence-corrected chi connectivity index (χ4v) is 2.25. The van der Waals surface area contributed by atoms with Gasteiger partial charge >= 0.3 is 5.69 Å². The Morgan fingerprint density at radius 3 is 2.50 bits per heavy atom. The van der Waals surface area contributed by atoms with Crippen LogP contribution in [0.25, 0.3) is 0 Å². The average Bonchev–Trinajstić information content (AvgIpc) is 2.38. The number of ether oxygens (including phenoxy) is 1. The van der Waals surface area contributed by atoms with E-state index in [9.17, 15) is 10.1 Å². The lowest BCUT2D eigenvalue weighted by molar-refractivity contribution is -0.385. The van der Waals surface area contributed by atoms with Crippen molar-refractivity contribution in [1.29, 1.82) is 0 Å². The number of methoxy groups -OCH3 is 1. The minimum Gasteiger partial charge on any atom is -0.489 e. The summed E-state index contributed by atoms with van der Waals surface area (Å²) in [5.74, 6) is 0.374. The maximum Gasteiger partial charge on any atom is 0.313 e. The Morgan fingerprint density at radius 1 is 1.28 bits per heavy atom. The van der Waals surface area contributed by atoms with Crippen molar-refractivity contribution in [1.82, 2.24) is 0 Å². The van der Waals surface area contributed by atoms with Crippen LogP contribution in [0.5, 0.6) is 5.75 Å². The first-order chi connectivity index (χ1) is 8.24. The summed E-state index contributed by atoms with van der Waals surface area (Å²) in [5, 5.41) is 10.9. The number of nitro benzene ring substituents is 1. The molecule has 2 rings (SSSR count). The van der Waals surface area contributed by atoms with Gasteiger partial charge in [-0.25, -0.2) is 0 Å². The van der Waals surface area contributed by atoms with E-state index in [1.54, 1.807) is 6.07 Å². The van der Waals surface area contributed by atoms with Crippen LogP contribution in [0.2, 0.25) is 0 Å². The van der Waals surface area contributed by atoms with Crippen LogP contribution in [0.3, 0.4) is 0 Å². The number of halogens is 1. The van der Waals surface area contributed by atoms with E-state index in [0.29, 0.717) is 5.75 Å². The highest BCUT2D eigenvalue weighted by atomic mass is 35.5. The fourth-order valence-electron chi connectivity index (χ4n) is 2.25. The van der Waals surface area contributed by atoms with Gasteiger partial charge in [-0.15, -0.1) is 12.4 Å². The lowest BCUT2D eigenvalue weighted by Crippen LogP contribution is -2.29. The summed E-state index contributed by atoms with van der Waals surface area (Å²) >= 11 is 0. The molecule has 1 aromatic rings. The Bertz CT molecular complexity index is 420. The summed E-state index contributed by atoms with van der Waals surface area (Å²) in [6, 6.07) is 5.08. The molecule has 0 aliphatic carbocycles. The Labute approximate surface area is 112 Å². The molecule has 1 aliphatic rings. The van der Waals surface area contributed by atoms with Gasteiger partial charge in [-0.1, -0.05) is 6.07 Å². The number of para-hydroxylation sites is 1. The highest BCUT2D eigenvalue weighted by Gasteiger charge is 2.22. The van der Waals surface area contributed by atoms with E-state index in [2.05, 4.69) is 4.90 Å². The van der Waals surface area contributed by atoms with Crippen molar-refractivity contribution < 1.29 is 9.66 Å². The van der Waals surface area contributed by atoms with Crippen LogP contribution in [0, 0.1) is 10.1 Å². The third kappa shape index (κ3) is 2.85. The molecule has 0 amide bonds. The molecule has 0 N–H and O–H groups in total. The molecule has 18 heavy (non-hydrogen) atoms. The number of hydrogen-bond donors (Lipinski definition) is 0. The van der Waals surface area contributed by atoms with E-state index >= 15 is 0 Å². The van der Waals surface area contributed by atoms with Crippen LogP contribution in [0.1, 0.15) is 19.3 Å². The van der Waals surface area contributed by atoms with Gasteiger partial charge in [0.2, 0.25) is 5.75 Å². The molecule has 1 heterocycles. The molecule has 5 nitrogen and oxygen atoms in total. The zero-order valence-corrected chi connectivity index (χ0v) is 11.1. The Balaban J connectivity index is 0.00000162. The summed E-state index contributed by atoms with van der Waals surface area (Å²) in [6.07, 6.45) is 3.49. The van der Waals surface area contributed by atoms with Crippen LogP contribution >= 0.6 is 12.4 Å². The lowest BCUT2D eigenvalue weighted by atomic mass is 10.1. The van der Waals surface area contributed by atoms with Gasteiger partial charge in [0.05, 0.1) is 17.7 Å². The van der Waals surface area contributed by atoms with E-state index in [1.807, 2.05) is 6.07 Å². The second-order valence-corrected chi connectivity index (χ2v) is 4.13. The third-order valence-corrected chi connectivity index (χ3v) is 3.07. The van der Waals surface area contributed by atoms with Gasteiger partial charge in [-0.2, -0.15) is 0 Å². The normalized spacial score (nSPS) is 14.8. The summed E-state index contributed by atoms with van der Waals surface area (Å²) in [4.78, 5) is 12.7. The van der Waals surface area contributed by atoms with Crippen molar-refractivity contribution in [3.05, 3.63) is 28.3 Å². The molecule has 6 heteroatoms. The maximum atomic E-state index is 10.9. The maximum absolute atomic E-state index is 10.9. The second kappa shape index (κ2) is 6.44. The van der Waals surface area contributed by atoms with E-state index in [-0.39, 0.29) is 18.1 Å². The largest absolute Gasteiger partial charge is 0.489 e. The first-order valence-corrected chi connectivity index (χ1v) is 5.80. The van der Waals surface area contributed by atoms with Crippen LogP contribution in [0.15, 0.2) is 18.2 Å². The van der Waals surface area contributed by atoms with Crippen LogP contribution in [0.4, 0.5) is 11.4 Å². The predicted molar refractivity (Wildman–Crippen MR) is 73.0 cm³/mol. The third-order valence-electron chi connectivity index (χ3n) is 3.07. The van der Waals surface area contributed by atoms with Gasteiger partial charge < -0.3 is 9.64 Å². The minimum atomic E-state index is -0.397. The number of rotatable bonds is 3. The van der Waals surface area contributed by atoms with E-state index in [4.69, 9.17) is 4.74 Å². The van der Waals surface area contributed by atoms with Crippen LogP contribution in [-0.2, 0) is 0 Å². The standard InChI is InChI=1S/C12H16N2O3.ClH/c1-17-12-10(13-8-3-2-4-9-13)6-5-7-11(12)14(15)16;/h5-7H,2-4,8-9H2,1H3;1H. The number of benzene rings is 1. The summed E-state index contributed by atoms with van der Waals surface area (Å²) < 4.78 is 5.21. The van der Waals surface area contributed by atoms with Crippen LogP contribution < -0.4 is 9.64 Å². The van der Waals surface area contributed by atoms with Crippen molar-refractivity contribution >= 4 is 23.8 Å². The van der Waals surface area contributed by atoms with Gasteiger partial charge in [0.1, 0.15) is 0 Å². The van der Waals surface area contributed by atoms with Gasteiger partial charge in [0, 0.05) is 19.2 Å². The van der Waals surface area contributed by atoms with Crippen molar-refractivity contribution in [2.75, 3.05) is 25.1 Å². The molecule has 0 bridgehead atoms. The second-order valence-electron chi connectivity index (χ2n) is 4.13. The van der Waals surface area contributed by atoms with Crippen molar-refractivity contribution in [3.63, 3.8) is 0 Å². The molecular weight excluding hydrogens is 256 g/mol. The van der Waals surface area contributed by atoms with Gasteiger partial charge in [0.15, 0.2) is 0 Å². The van der Waals surface area contributed by atoms with E-state index < -0.39 is 4.92 Å². The molecule has 0 radical (unpaired) electrons. The molecule has 1 fully saturated rings. The molecular formula is C12H17ClN2O3. The molecule has 0 atom stereocenters. The quantitative estimate of drug-likeness (QED) is 0.627. The van der Waals surface area contributed by atoms with Crippen molar-refractivity contribution in [2.45, 2.75) is 19.3 Å². The highest BCUT2D eigenvalue weighted by Crippen LogP contribution is 2.37. The average molecular weight is 273 g/mol. The summed E-state index contributed by atoms with van der Waals surface area (Å²) in [5.41, 5.74) is 0.872. The van der Waals surface area contributed by atoms with Gasteiger partial charge in [0.25, 0.3) is 0 Å². The molecule has 1 aliphatic heterocycles. The number of hydrogen-bond acceptors (Lipinski definition) is 4. The van der Waals surface area contributed by atoms with Gasteiger partial charge in [-0.05, 0) is 25.3 Å². The first kappa shape index (κ1) is 14.6. The van der Waals surface area contributed by atoms with Gasteiger partial charge in [-0.3, -0.25) is 10.1 Å². The zero-order valence-electron chi connectivity index (χ0n) is 10.3. The Kier molecular flexibility index (Phi) is 5.22. The molecule has 0 unspecified atom stereocenters. The number of nitrogens with zero attached hydrogens (tertiary/aromatic N) is 2. The topological polar surface area (TPSA) is 55.6 Å². The molecule has 0 spiro atoms. The molecule has 1 aromatic carbocycles. The number of nitro groups is 1. The lowest BCUT2D eigenvalue weighted by Gasteiger charge is -2.29. The smallest absolute Gasteiger partial charge is 0.313 e. The monoisotopic (exact) mass is 272 g/mol. The van der Waals surface area contributed by atoms with Crippen molar-refractivity contribution in [2.24, 2.45) is 0 Å². The minimum absolute atomic E-state index is 0. The zero-order chi connectivity index (χ0) is 12.3. The summed E-state index contributed by atoms with van der Waals surface area (Å²) in [7, 11) is 1.48. The summed E-state index contributed by atoms with van der Waals surface area (Å²) in [6.45, 7) is 1.88. The SMILES string of the molecule is COc1c(N2CCCCC2)cccc1[N+](=O)[O-].Cl. The molecule has 0 aromatic heterocycles.